The zero-order chi connectivity index (χ0) is 29.9. The van der Waals surface area contributed by atoms with Crippen LogP contribution in [0.2, 0.25) is 0 Å². The van der Waals surface area contributed by atoms with E-state index in [1.807, 2.05) is 6.92 Å². The Balaban J connectivity index is 1.43. The normalized spacial score (nSPS) is 17.2. The molecule has 0 bridgehead atoms. The highest BCUT2D eigenvalue weighted by atomic mass is 19.4. The van der Waals surface area contributed by atoms with Crippen LogP contribution in [0.1, 0.15) is 49.8 Å². The molecule has 1 fully saturated rings. The molecule has 1 unspecified atom stereocenters. The Morgan fingerprint density at radius 3 is 2.34 bits per heavy atom. The van der Waals surface area contributed by atoms with E-state index in [4.69, 9.17) is 18.6 Å². The third-order valence-electron chi connectivity index (χ3n) is 7.05. The smallest absolute Gasteiger partial charge is 0.417 e. The predicted molar refractivity (Wildman–Crippen MR) is 143 cm³/mol. The number of amides is 3. The van der Waals surface area contributed by atoms with Gasteiger partial charge >= 0.3 is 17.8 Å². The average molecular weight is 577 g/mol. The topological polar surface area (TPSA) is 107 Å². The van der Waals surface area contributed by atoms with E-state index in [9.17, 15) is 27.6 Å². The van der Waals surface area contributed by atoms with Crippen molar-refractivity contribution in [3.63, 3.8) is 0 Å². The summed E-state index contributed by atoms with van der Waals surface area (Å²) in [5.74, 6) is 0.822. The van der Waals surface area contributed by atoms with Crippen molar-refractivity contribution in [2.45, 2.75) is 51.2 Å². The first kappa shape index (κ1) is 29.8. The van der Waals surface area contributed by atoms with Gasteiger partial charge in [0.15, 0.2) is 11.5 Å². The van der Waals surface area contributed by atoms with Crippen LogP contribution < -0.4 is 25.2 Å². The van der Waals surface area contributed by atoms with Crippen molar-refractivity contribution in [1.82, 2.24) is 10.2 Å². The maximum absolute atomic E-state index is 13.5. The number of nitrogens with zero attached hydrogens (tertiary/aromatic N) is 1. The summed E-state index contributed by atoms with van der Waals surface area (Å²) >= 11 is 0. The van der Waals surface area contributed by atoms with Gasteiger partial charge in [0.2, 0.25) is 0 Å². The minimum absolute atomic E-state index is 0.139. The van der Waals surface area contributed by atoms with E-state index in [0.717, 1.165) is 4.90 Å². The fraction of sp³-hybridized carbons (Fsp3) is 0.414. The van der Waals surface area contributed by atoms with Crippen LogP contribution in [0.25, 0.3) is 11.0 Å². The monoisotopic (exact) mass is 576 g/mol. The molecule has 9 nitrogen and oxygen atoms in total. The zero-order valence-electron chi connectivity index (χ0n) is 23.1. The highest BCUT2D eigenvalue weighted by Gasteiger charge is 2.49. The number of imide groups is 1. The molecule has 3 aromatic rings. The van der Waals surface area contributed by atoms with E-state index in [2.05, 4.69) is 5.32 Å². The van der Waals surface area contributed by atoms with Crippen molar-refractivity contribution in [2.75, 3.05) is 27.4 Å². The number of halogens is 3. The standard InChI is InChI=1S/C29H31F3N2O7/c1-5-8-19-21(12-10-18-20(29(30,31)32)16-24(35)41-25(18)19)40-14-7-6-13-34-26(36)28(2,33-27(34)37)17-9-11-22(38-3)23(15-17)39-4/h9-12,15-16H,5-8,13-14H2,1-4H3,(H,33,37). The highest BCUT2D eigenvalue weighted by Crippen LogP contribution is 2.38. The van der Waals surface area contributed by atoms with Crippen molar-refractivity contribution < 1.29 is 41.4 Å². The Bertz CT molecular complexity index is 1520. The molecule has 12 heteroatoms. The van der Waals surface area contributed by atoms with Crippen molar-refractivity contribution in [2.24, 2.45) is 0 Å². The lowest BCUT2D eigenvalue weighted by atomic mass is 9.91. The third kappa shape index (κ3) is 5.82. The summed E-state index contributed by atoms with van der Waals surface area (Å²) in [5.41, 5.74) is -2.65. The second-order valence-electron chi connectivity index (χ2n) is 9.78. The minimum Gasteiger partial charge on any atom is -0.493 e. The lowest BCUT2D eigenvalue weighted by Gasteiger charge is -2.23. The fourth-order valence-electron chi connectivity index (χ4n) is 4.92. The fourth-order valence-corrected chi connectivity index (χ4v) is 4.92. The minimum atomic E-state index is -4.71. The average Bonchev–Trinajstić information content (AvgIpc) is 3.16. The number of methoxy groups -OCH3 is 2. The number of benzene rings is 2. The maximum Gasteiger partial charge on any atom is 0.417 e. The van der Waals surface area contributed by atoms with Crippen LogP contribution in [-0.4, -0.2) is 44.2 Å². The lowest BCUT2D eigenvalue weighted by molar-refractivity contribution is -0.136. The van der Waals surface area contributed by atoms with Gasteiger partial charge in [0.05, 0.1) is 26.4 Å². The van der Waals surface area contributed by atoms with E-state index in [1.54, 1.807) is 25.1 Å². The maximum atomic E-state index is 13.5. The third-order valence-corrected chi connectivity index (χ3v) is 7.05. The first-order valence-electron chi connectivity index (χ1n) is 13.1. The van der Waals surface area contributed by atoms with Gasteiger partial charge in [0.25, 0.3) is 5.91 Å². The number of hydrogen-bond acceptors (Lipinski definition) is 7. The van der Waals surface area contributed by atoms with Gasteiger partial charge in [0, 0.05) is 23.6 Å². The molecule has 1 aliphatic rings. The van der Waals surface area contributed by atoms with Crippen LogP contribution in [0.5, 0.6) is 17.2 Å². The number of unbranched alkanes of at least 4 members (excludes halogenated alkanes) is 1. The molecule has 1 aliphatic heterocycles. The van der Waals surface area contributed by atoms with Crippen LogP contribution in [0.3, 0.4) is 0 Å². The Morgan fingerprint density at radius 1 is 0.976 bits per heavy atom. The molecule has 4 rings (SSSR count). The highest BCUT2D eigenvalue weighted by molar-refractivity contribution is 6.07. The van der Waals surface area contributed by atoms with Gasteiger partial charge in [-0.2, -0.15) is 13.2 Å². The quantitative estimate of drug-likeness (QED) is 0.185. The SMILES string of the molecule is CCCc1c(OCCCCN2C(=O)NC(C)(c3ccc(OC)c(OC)c3)C2=O)ccc2c(C(F)(F)F)cc(=O)oc12. The van der Waals surface area contributed by atoms with Gasteiger partial charge in [0.1, 0.15) is 16.9 Å². The largest absolute Gasteiger partial charge is 0.493 e. The van der Waals surface area contributed by atoms with Gasteiger partial charge in [-0.05, 0) is 56.0 Å². The molecule has 1 aromatic heterocycles. The van der Waals surface area contributed by atoms with Gasteiger partial charge < -0.3 is 23.9 Å². The van der Waals surface area contributed by atoms with Crippen LogP contribution >= 0.6 is 0 Å². The molecule has 1 atom stereocenters. The van der Waals surface area contributed by atoms with E-state index in [0.29, 0.717) is 60.1 Å². The van der Waals surface area contributed by atoms with Gasteiger partial charge in [-0.15, -0.1) is 0 Å². The number of ether oxygens (including phenoxy) is 3. The van der Waals surface area contributed by atoms with E-state index < -0.39 is 34.8 Å². The molecular formula is C29H31F3N2O7. The Kier molecular flexibility index (Phi) is 8.50. The molecule has 2 heterocycles. The first-order valence-corrected chi connectivity index (χ1v) is 13.1. The molecule has 41 heavy (non-hydrogen) atoms. The molecule has 0 saturated carbocycles. The van der Waals surface area contributed by atoms with E-state index in [-0.39, 0.29) is 24.1 Å². The van der Waals surface area contributed by atoms with Gasteiger partial charge in [-0.25, -0.2) is 9.59 Å². The Morgan fingerprint density at radius 2 is 1.68 bits per heavy atom. The molecule has 0 aliphatic carbocycles. The van der Waals surface area contributed by atoms with Crippen molar-refractivity contribution in [1.29, 1.82) is 0 Å². The number of rotatable bonds is 11. The number of carbonyl (C=O) groups excluding carboxylic acids is 2. The summed E-state index contributed by atoms with van der Waals surface area (Å²) in [6, 6.07) is 7.59. The number of fused-ring (bicyclic) bond motifs is 1. The number of carbonyl (C=O) groups is 2. The van der Waals surface area contributed by atoms with E-state index >= 15 is 0 Å². The zero-order valence-corrected chi connectivity index (χ0v) is 23.1. The summed E-state index contributed by atoms with van der Waals surface area (Å²) in [6.45, 7) is 3.78. The number of nitrogens with one attached hydrogen (secondary N) is 1. The van der Waals surface area contributed by atoms with Gasteiger partial charge in [-0.3, -0.25) is 9.69 Å². The summed E-state index contributed by atoms with van der Waals surface area (Å²) in [6.07, 6.45) is -2.92. The van der Waals surface area contributed by atoms with Crippen LogP contribution in [-0.2, 0) is 22.9 Å². The van der Waals surface area contributed by atoms with Crippen molar-refractivity contribution in [3.8, 4) is 17.2 Å². The van der Waals surface area contributed by atoms with Crippen molar-refractivity contribution >= 4 is 22.9 Å². The van der Waals surface area contributed by atoms with E-state index in [1.165, 1.54) is 26.4 Å². The molecule has 3 amide bonds. The molecule has 0 spiro atoms. The van der Waals surface area contributed by atoms with Crippen LogP contribution in [0.15, 0.2) is 45.6 Å². The number of aryl methyl sites for hydroxylation is 1. The van der Waals surface area contributed by atoms with Crippen LogP contribution in [0, 0.1) is 0 Å². The molecule has 2 aromatic carbocycles. The Hall–Kier alpha value is -4.22. The summed E-state index contributed by atoms with van der Waals surface area (Å²) in [7, 11) is 2.98. The molecule has 220 valence electrons. The van der Waals surface area contributed by atoms with Crippen molar-refractivity contribution in [3.05, 3.63) is 63.5 Å². The summed E-state index contributed by atoms with van der Waals surface area (Å²) < 4.78 is 62.2. The number of hydrogen-bond donors (Lipinski definition) is 1. The van der Waals surface area contributed by atoms with Gasteiger partial charge in [-0.1, -0.05) is 19.4 Å². The second kappa shape index (κ2) is 11.7. The first-order chi connectivity index (χ1) is 19.4. The predicted octanol–water partition coefficient (Wildman–Crippen LogP) is 5.41. The lowest BCUT2D eigenvalue weighted by Crippen LogP contribution is -2.41. The number of alkyl halides is 3. The number of urea groups is 1. The van der Waals surface area contributed by atoms with Crippen LogP contribution in [0.4, 0.5) is 18.0 Å². The summed E-state index contributed by atoms with van der Waals surface area (Å²) in [5, 5.41) is 2.55. The molecule has 1 N–H and O–H groups in total. The molecule has 0 radical (unpaired) electrons. The molecule has 1 saturated heterocycles. The summed E-state index contributed by atoms with van der Waals surface area (Å²) in [4.78, 5) is 39.0. The second-order valence-corrected chi connectivity index (χ2v) is 9.78. The Labute approximate surface area is 234 Å². The molecular weight excluding hydrogens is 545 g/mol.